The lowest BCUT2D eigenvalue weighted by molar-refractivity contribution is -0.206. The molecule has 1 aromatic heterocycles. The van der Waals surface area contributed by atoms with Crippen molar-refractivity contribution < 1.29 is 36.3 Å². The molecule has 0 aliphatic rings. The Morgan fingerprint density at radius 3 is 2.68 bits per heavy atom. The Morgan fingerprint density at radius 1 is 1.23 bits per heavy atom. The Labute approximate surface area is 181 Å². The van der Waals surface area contributed by atoms with Crippen LogP contribution in [-0.4, -0.2) is 30.3 Å². The van der Waals surface area contributed by atoms with E-state index in [0.29, 0.717) is 21.1 Å². The number of nitrogens with one attached hydrogen (secondary N) is 1. The topological polar surface area (TPSA) is 60.5 Å². The number of nitrogens with zero attached hydrogens (tertiary/aromatic N) is 1. The summed E-state index contributed by atoms with van der Waals surface area (Å²) in [5.41, 5.74) is 2.65. The summed E-state index contributed by atoms with van der Waals surface area (Å²) in [6.45, 7) is -1.09. The summed E-state index contributed by atoms with van der Waals surface area (Å²) in [6.07, 6.45) is -5.14. The third-order valence-corrected chi connectivity index (χ3v) is 5.09. The molecule has 3 rings (SSSR count). The van der Waals surface area contributed by atoms with Gasteiger partial charge in [0.15, 0.2) is 11.6 Å². The van der Waals surface area contributed by atoms with Crippen LogP contribution in [0.5, 0.6) is 5.75 Å². The van der Waals surface area contributed by atoms with E-state index in [0.717, 1.165) is 4.70 Å². The van der Waals surface area contributed by atoms with Crippen molar-refractivity contribution in [2.24, 2.45) is 0 Å². The average molecular weight is 479 g/mol. The molecule has 12 heteroatoms. The van der Waals surface area contributed by atoms with Gasteiger partial charge in [-0.2, -0.15) is 13.2 Å². The van der Waals surface area contributed by atoms with Gasteiger partial charge in [-0.05, 0) is 36.4 Å². The zero-order valence-corrected chi connectivity index (χ0v) is 16.9. The number of carbonyl (C=O) groups excluding carboxylic acids is 1. The monoisotopic (exact) mass is 478 g/mol. The first-order chi connectivity index (χ1) is 14.7. The van der Waals surface area contributed by atoms with Crippen LogP contribution in [0.3, 0.4) is 0 Å². The summed E-state index contributed by atoms with van der Waals surface area (Å²) < 4.78 is 69.3. The van der Waals surface area contributed by atoms with Crippen molar-refractivity contribution in [3.8, 4) is 16.3 Å². The summed E-state index contributed by atoms with van der Waals surface area (Å²) in [6, 6.07) is 9.25. The number of aromatic nitrogens is 1. The summed E-state index contributed by atoms with van der Waals surface area (Å²) in [5, 5.41) is 1.11. The van der Waals surface area contributed by atoms with Gasteiger partial charge in [-0.1, -0.05) is 11.6 Å². The third kappa shape index (κ3) is 5.90. The highest BCUT2D eigenvalue weighted by Crippen LogP contribution is 2.33. The van der Waals surface area contributed by atoms with Gasteiger partial charge in [0, 0.05) is 16.2 Å². The van der Waals surface area contributed by atoms with Crippen LogP contribution in [0.25, 0.3) is 20.8 Å². The minimum Gasteiger partial charge on any atom is -0.486 e. The second-order valence-electron chi connectivity index (χ2n) is 6.04. The summed E-state index contributed by atoms with van der Waals surface area (Å²) >= 11 is 7.27. The Balaban J connectivity index is 1.61. The second-order valence-corrected chi connectivity index (χ2v) is 7.51. The maximum absolute atomic E-state index is 14.4. The van der Waals surface area contributed by atoms with Crippen molar-refractivity contribution in [3.05, 3.63) is 59.1 Å². The fourth-order valence-electron chi connectivity index (χ4n) is 2.32. The van der Waals surface area contributed by atoms with E-state index in [1.807, 2.05) is 0 Å². The van der Waals surface area contributed by atoms with E-state index in [4.69, 9.17) is 16.3 Å². The van der Waals surface area contributed by atoms with Crippen LogP contribution in [0, 0.1) is 5.82 Å². The van der Waals surface area contributed by atoms with E-state index in [-0.39, 0.29) is 17.7 Å². The minimum atomic E-state index is -5.19. The van der Waals surface area contributed by atoms with Gasteiger partial charge in [0.05, 0.1) is 23.1 Å². The molecule has 0 unspecified atom stereocenters. The fourth-order valence-corrected chi connectivity index (χ4v) is 3.55. The zero-order valence-electron chi connectivity index (χ0n) is 15.3. The Morgan fingerprint density at radius 2 is 2.00 bits per heavy atom. The molecule has 2 aromatic carbocycles. The lowest BCUT2D eigenvalue weighted by Gasteiger charge is -2.11. The van der Waals surface area contributed by atoms with Gasteiger partial charge in [0.1, 0.15) is 11.6 Å². The number of hydroxylamine groups is 1. The number of thiazole rings is 1. The number of alkyl halides is 3. The standard InChI is InChI=1S/C19H12ClF5N2O3S/c20-12-2-3-14-16(6-12)31-17(27-14)11-1-4-15(13(22)5-11)29-9-10(7-21)8-26-30-18(28)19(23,24)25/h1-7,26H,8-9H2. The summed E-state index contributed by atoms with van der Waals surface area (Å²) in [7, 11) is 0. The molecule has 0 aliphatic carbocycles. The van der Waals surface area contributed by atoms with Crippen molar-refractivity contribution in [1.29, 1.82) is 0 Å². The fraction of sp³-hybridized carbons (Fsp3) is 0.158. The molecule has 164 valence electrons. The zero-order chi connectivity index (χ0) is 22.6. The molecule has 3 aromatic rings. The largest absolute Gasteiger partial charge is 0.492 e. The molecular weight excluding hydrogens is 467 g/mol. The van der Waals surface area contributed by atoms with E-state index >= 15 is 0 Å². The lowest BCUT2D eigenvalue weighted by atomic mass is 10.2. The molecule has 31 heavy (non-hydrogen) atoms. The lowest BCUT2D eigenvalue weighted by Crippen LogP contribution is -2.32. The molecule has 1 N–H and O–H groups in total. The number of carbonyl (C=O) groups is 1. The molecule has 0 atom stereocenters. The molecule has 5 nitrogen and oxygen atoms in total. The molecule has 0 saturated carbocycles. The van der Waals surface area contributed by atoms with E-state index < -0.39 is 31.1 Å². The molecule has 0 bridgehead atoms. The van der Waals surface area contributed by atoms with Crippen LogP contribution in [-0.2, 0) is 9.63 Å². The van der Waals surface area contributed by atoms with Crippen molar-refractivity contribution in [2.75, 3.05) is 13.2 Å². The Bertz CT molecular complexity index is 1130. The quantitative estimate of drug-likeness (QED) is 0.354. The highest BCUT2D eigenvalue weighted by Gasteiger charge is 2.41. The van der Waals surface area contributed by atoms with Crippen LogP contribution in [0.4, 0.5) is 22.0 Å². The number of fused-ring (bicyclic) bond motifs is 1. The van der Waals surface area contributed by atoms with Crippen LogP contribution in [0.2, 0.25) is 5.02 Å². The van der Waals surface area contributed by atoms with E-state index in [2.05, 4.69) is 9.82 Å². The van der Waals surface area contributed by atoms with Crippen LogP contribution in [0.15, 0.2) is 48.3 Å². The highest BCUT2D eigenvalue weighted by atomic mass is 35.5. The minimum absolute atomic E-state index is 0.0486. The molecule has 0 amide bonds. The SMILES string of the molecule is O=C(ONCC(=CF)COc1ccc(-c2nc3ccc(Cl)cc3s2)cc1F)C(F)(F)F. The average Bonchev–Trinajstić information content (AvgIpc) is 3.13. The van der Waals surface area contributed by atoms with E-state index in [1.165, 1.54) is 23.5 Å². The van der Waals surface area contributed by atoms with Crippen LogP contribution in [0.1, 0.15) is 0 Å². The predicted octanol–water partition coefficient (Wildman–Crippen LogP) is 5.60. The number of hydrogen-bond donors (Lipinski definition) is 1. The van der Waals surface area contributed by atoms with Crippen molar-refractivity contribution in [1.82, 2.24) is 10.5 Å². The van der Waals surface area contributed by atoms with Gasteiger partial charge in [-0.25, -0.2) is 18.6 Å². The first kappa shape index (κ1) is 22.9. The van der Waals surface area contributed by atoms with Gasteiger partial charge < -0.3 is 9.57 Å². The molecule has 1 heterocycles. The first-order valence-corrected chi connectivity index (χ1v) is 9.64. The molecule has 0 radical (unpaired) electrons. The summed E-state index contributed by atoms with van der Waals surface area (Å²) in [5.74, 6) is -3.44. The smallest absolute Gasteiger partial charge is 0.486 e. The van der Waals surface area contributed by atoms with Gasteiger partial charge in [-0.3, -0.25) is 0 Å². The molecule has 0 aliphatic heterocycles. The summed E-state index contributed by atoms with van der Waals surface area (Å²) in [4.78, 5) is 18.7. The predicted molar refractivity (Wildman–Crippen MR) is 105 cm³/mol. The van der Waals surface area contributed by atoms with Gasteiger partial charge >= 0.3 is 12.1 Å². The molecular formula is C19H12ClF5N2O3S. The van der Waals surface area contributed by atoms with Crippen LogP contribution < -0.4 is 10.2 Å². The second kappa shape index (κ2) is 9.58. The van der Waals surface area contributed by atoms with Gasteiger partial charge in [0.2, 0.25) is 0 Å². The van der Waals surface area contributed by atoms with E-state index in [1.54, 1.807) is 29.7 Å². The highest BCUT2D eigenvalue weighted by molar-refractivity contribution is 7.21. The van der Waals surface area contributed by atoms with Gasteiger partial charge in [-0.15, -0.1) is 16.8 Å². The maximum atomic E-state index is 14.4. The van der Waals surface area contributed by atoms with Crippen LogP contribution >= 0.6 is 22.9 Å². The Kier molecular flexibility index (Phi) is 7.08. The van der Waals surface area contributed by atoms with Crippen molar-refractivity contribution >= 4 is 39.1 Å². The number of halogens is 6. The molecule has 0 fully saturated rings. The normalized spacial score (nSPS) is 12.3. The number of benzene rings is 2. The van der Waals surface area contributed by atoms with Gasteiger partial charge in [0.25, 0.3) is 0 Å². The first-order valence-electron chi connectivity index (χ1n) is 8.45. The third-order valence-electron chi connectivity index (χ3n) is 3.79. The molecule has 0 saturated heterocycles. The number of rotatable bonds is 7. The van der Waals surface area contributed by atoms with E-state index in [9.17, 15) is 26.7 Å². The van der Waals surface area contributed by atoms with Crippen molar-refractivity contribution in [2.45, 2.75) is 6.18 Å². The maximum Gasteiger partial charge on any atom is 0.492 e. The Hall–Kier alpha value is -2.76. The molecule has 0 spiro atoms. The van der Waals surface area contributed by atoms with Crippen molar-refractivity contribution in [3.63, 3.8) is 0 Å². The number of hydrogen-bond acceptors (Lipinski definition) is 6. The number of ether oxygens (including phenoxy) is 1.